The third-order valence-electron chi connectivity index (χ3n) is 5.71. The highest BCUT2D eigenvalue weighted by molar-refractivity contribution is 5.85. The summed E-state index contributed by atoms with van der Waals surface area (Å²) >= 11 is 0. The van der Waals surface area contributed by atoms with Crippen LogP contribution in [-0.2, 0) is 12.8 Å². The highest BCUT2D eigenvalue weighted by atomic mass is 35.5. The monoisotopic (exact) mass is 498 g/mol. The van der Waals surface area contributed by atoms with Crippen molar-refractivity contribution in [2.24, 2.45) is 0 Å². The normalized spacial score (nSPS) is 10.5. The Kier molecular flexibility index (Phi) is 18.1. The lowest BCUT2D eigenvalue weighted by molar-refractivity contribution is 0.349. The lowest BCUT2D eigenvalue weighted by Crippen LogP contribution is -2.20. The van der Waals surface area contributed by atoms with E-state index in [1.165, 1.54) is 42.4 Å². The second-order valence-corrected chi connectivity index (χ2v) is 8.43. The molecule has 0 atom stereocenters. The number of methoxy groups -OCH3 is 2. The van der Waals surface area contributed by atoms with Crippen molar-refractivity contribution >= 4 is 24.8 Å². The van der Waals surface area contributed by atoms with Gasteiger partial charge in [0.15, 0.2) is 11.5 Å². The number of hydrogen-bond donors (Lipinski definition) is 2. The van der Waals surface area contributed by atoms with Crippen LogP contribution in [0, 0.1) is 0 Å². The van der Waals surface area contributed by atoms with Gasteiger partial charge in [0.2, 0.25) is 0 Å². The Balaban J connectivity index is 0.00000512. The summed E-state index contributed by atoms with van der Waals surface area (Å²) in [7, 11) is 3.43. The molecule has 0 amide bonds. The van der Waals surface area contributed by atoms with Crippen LogP contribution < -0.4 is 20.1 Å². The zero-order valence-corrected chi connectivity index (χ0v) is 22.5. The molecule has 2 aromatic carbocycles. The molecule has 0 unspecified atom stereocenters. The maximum absolute atomic E-state index is 5.65. The highest BCUT2D eigenvalue weighted by Crippen LogP contribution is 2.38. The molecule has 0 saturated heterocycles. The van der Waals surface area contributed by atoms with Gasteiger partial charge in [0.25, 0.3) is 0 Å². The van der Waals surface area contributed by atoms with Crippen LogP contribution in [0.4, 0.5) is 0 Å². The molecular weight excluding hydrogens is 455 g/mol. The second-order valence-electron chi connectivity index (χ2n) is 8.43. The molecule has 0 bridgehead atoms. The van der Waals surface area contributed by atoms with Gasteiger partial charge in [0, 0.05) is 5.56 Å². The topological polar surface area (TPSA) is 42.5 Å². The van der Waals surface area contributed by atoms with Crippen LogP contribution in [0.2, 0.25) is 0 Å². The van der Waals surface area contributed by atoms with Crippen LogP contribution in [0.25, 0.3) is 0 Å². The fourth-order valence-electron chi connectivity index (χ4n) is 4.05. The van der Waals surface area contributed by atoms with Gasteiger partial charge >= 0.3 is 0 Å². The molecule has 0 heterocycles. The molecule has 33 heavy (non-hydrogen) atoms. The van der Waals surface area contributed by atoms with E-state index in [0.29, 0.717) is 5.92 Å². The lowest BCUT2D eigenvalue weighted by atomic mass is 9.93. The number of halogens is 2. The van der Waals surface area contributed by atoms with Crippen LogP contribution in [0.3, 0.4) is 0 Å². The van der Waals surface area contributed by atoms with Gasteiger partial charge in [-0.05, 0) is 75.0 Å². The largest absolute Gasteiger partial charge is 0.493 e. The Morgan fingerprint density at radius 1 is 0.697 bits per heavy atom. The summed E-state index contributed by atoms with van der Waals surface area (Å²) in [4.78, 5) is 0. The van der Waals surface area contributed by atoms with E-state index in [-0.39, 0.29) is 24.8 Å². The predicted molar refractivity (Wildman–Crippen MR) is 146 cm³/mol. The van der Waals surface area contributed by atoms with Crippen LogP contribution in [0.5, 0.6) is 11.5 Å². The fraction of sp³-hybridized carbons (Fsp3) is 0.556. The Morgan fingerprint density at radius 3 is 1.85 bits per heavy atom. The van der Waals surface area contributed by atoms with Crippen molar-refractivity contribution in [3.05, 3.63) is 59.2 Å². The summed E-state index contributed by atoms with van der Waals surface area (Å²) in [6, 6.07) is 14.9. The Labute approximate surface area is 214 Å². The maximum atomic E-state index is 5.65. The van der Waals surface area contributed by atoms with Crippen LogP contribution >= 0.6 is 24.8 Å². The first-order valence-electron chi connectivity index (χ1n) is 11.9. The van der Waals surface area contributed by atoms with E-state index in [1.807, 2.05) is 6.07 Å². The molecule has 0 fully saturated rings. The SMILES string of the molecule is COc1ccc(CCNCCCCCCNCCc2ccccc2)c(C(C)C)c1OC.Cl.Cl. The Bertz CT molecular complexity index is 742. The van der Waals surface area contributed by atoms with E-state index in [9.17, 15) is 0 Å². The molecule has 0 aliphatic carbocycles. The predicted octanol–water partition coefficient (Wildman–Crippen LogP) is 6.20. The van der Waals surface area contributed by atoms with Crippen molar-refractivity contribution in [3.63, 3.8) is 0 Å². The third-order valence-corrected chi connectivity index (χ3v) is 5.71. The fourth-order valence-corrected chi connectivity index (χ4v) is 4.05. The van der Waals surface area contributed by atoms with Crippen molar-refractivity contribution in [2.75, 3.05) is 40.4 Å². The molecule has 0 saturated carbocycles. The van der Waals surface area contributed by atoms with Crippen molar-refractivity contribution < 1.29 is 9.47 Å². The number of nitrogens with one attached hydrogen (secondary N) is 2. The number of rotatable bonds is 16. The molecule has 188 valence electrons. The molecular formula is C27H44Cl2N2O2. The quantitative estimate of drug-likeness (QED) is 0.270. The first-order chi connectivity index (χ1) is 15.2. The van der Waals surface area contributed by atoms with Crippen LogP contribution in [0.1, 0.15) is 62.1 Å². The molecule has 0 radical (unpaired) electrons. The van der Waals surface area contributed by atoms with E-state index < -0.39 is 0 Å². The maximum Gasteiger partial charge on any atom is 0.164 e. The Hall–Kier alpha value is -1.46. The number of benzene rings is 2. The average molecular weight is 500 g/mol. The van der Waals surface area contributed by atoms with Gasteiger partial charge in [0.1, 0.15) is 0 Å². The average Bonchev–Trinajstić information content (AvgIpc) is 2.79. The smallest absolute Gasteiger partial charge is 0.164 e. The molecule has 4 nitrogen and oxygen atoms in total. The molecule has 0 aliphatic rings. The molecule has 0 spiro atoms. The van der Waals surface area contributed by atoms with Gasteiger partial charge in [-0.3, -0.25) is 0 Å². The Morgan fingerprint density at radius 2 is 1.30 bits per heavy atom. The minimum Gasteiger partial charge on any atom is -0.493 e. The van der Waals surface area contributed by atoms with Gasteiger partial charge in [-0.25, -0.2) is 0 Å². The molecule has 2 aromatic rings. The number of ether oxygens (including phenoxy) is 2. The summed E-state index contributed by atoms with van der Waals surface area (Å²) in [6.07, 6.45) is 7.22. The number of hydrogen-bond acceptors (Lipinski definition) is 4. The third kappa shape index (κ3) is 11.5. The van der Waals surface area contributed by atoms with Crippen molar-refractivity contribution in [1.29, 1.82) is 0 Å². The lowest BCUT2D eigenvalue weighted by Gasteiger charge is -2.19. The van der Waals surface area contributed by atoms with Gasteiger partial charge in [-0.15, -0.1) is 24.8 Å². The standard InChI is InChI=1S/C27H42N2O2.2ClH/c1-22(2)26-24(14-15-25(30-3)27(26)31-4)17-21-29-19-11-6-5-10-18-28-20-16-23-12-8-7-9-13-23;;/h7-9,12-15,22,28-29H,5-6,10-11,16-21H2,1-4H3;2*1H. The van der Waals surface area contributed by atoms with Gasteiger partial charge in [-0.2, -0.15) is 0 Å². The van der Waals surface area contributed by atoms with Crippen LogP contribution in [0.15, 0.2) is 42.5 Å². The summed E-state index contributed by atoms with van der Waals surface area (Å²) in [5.74, 6) is 2.10. The minimum absolute atomic E-state index is 0. The van der Waals surface area contributed by atoms with E-state index in [2.05, 4.69) is 60.9 Å². The molecule has 0 aliphatic heterocycles. The molecule has 6 heteroatoms. The van der Waals surface area contributed by atoms with Crippen LogP contribution in [-0.4, -0.2) is 40.4 Å². The second kappa shape index (κ2) is 18.9. The van der Waals surface area contributed by atoms with E-state index in [4.69, 9.17) is 9.47 Å². The van der Waals surface area contributed by atoms with Gasteiger partial charge < -0.3 is 20.1 Å². The van der Waals surface area contributed by atoms with Crippen molar-refractivity contribution in [1.82, 2.24) is 10.6 Å². The van der Waals surface area contributed by atoms with E-state index in [0.717, 1.165) is 50.5 Å². The molecule has 0 aromatic heterocycles. The first-order valence-corrected chi connectivity index (χ1v) is 11.9. The molecule has 2 rings (SSSR count). The highest BCUT2D eigenvalue weighted by Gasteiger charge is 2.17. The summed E-state index contributed by atoms with van der Waals surface area (Å²) in [6.45, 7) is 8.70. The number of unbranched alkanes of at least 4 members (excludes halogenated alkanes) is 3. The summed E-state index contributed by atoms with van der Waals surface area (Å²) < 4.78 is 11.1. The zero-order valence-electron chi connectivity index (χ0n) is 20.8. The summed E-state index contributed by atoms with van der Waals surface area (Å²) in [5, 5.41) is 7.17. The minimum atomic E-state index is 0. The van der Waals surface area contributed by atoms with Gasteiger partial charge in [-0.1, -0.05) is 63.1 Å². The van der Waals surface area contributed by atoms with Crippen molar-refractivity contribution in [2.45, 2.75) is 58.3 Å². The van der Waals surface area contributed by atoms with E-state index in [1.54, 1.807) is 14.2 Å². The van der Waals surface area contributed by atoms with Crippen molar-refractivity contribution in [3.8, 4) is 11.5 Å². The zero-order chi connectivity index (χ0) is 22.3. The van der Waals surface area contributed by atoms with Gasteiger partial charge in [0.05, 0.1) is 14.2 Å². The first kappa shape index (κ1) is 31.5. The van der Waals surface area contributed by atoms with E-state index >= 15 is 0 Å². The molecule has 2 N–H and O–H groups in total. The summed E-state index contributed by atoms with van der Waals surface area (Å²) in [5.41, 5.74) is 4.03.